The lowest BCUT2D eigenvalue weighted by molar-refractivity contribution is 0.114. The number of aryl methyl sites for hydroxylation is 1. The minimum absolute atomic E-state index is 0.508. The average molecular weight is 262 g/mol. The van der Waals surface area contributed by atoms with Gasteiger partial charge in [0, 0.05) is 24.7 Å². The van der Waals surface area contributed by atoms with Gasteiger partial charge in [0.25, 0.3) is 0 Å². The van der Waals surface area contributed by atoms with Crippen molar-refractivity contribution in [2.75, 3.05) is 20.2 Å². The number of hydrogen-bond donors (Lipinski definition) is 1. The number of rotatable bonds is 4. The Bertz CT molecular complexity index is 419. The molecule has 1 aliphatic heterocycles. The van der Waals surface area contributed by atoms with Crippen molar-refractivity contribution < 1.29 is 4.74 Å². The van der Waals surface area contributed by atoms with E-state index in [2.05, 4.69) is 36.9 Å². The number of likely N-dealkylation sites (tertiary alicyclic amines) is 1. The third-order valence-electron chi connectivity index (χ3n) is 4.18. The molecule has 0 saturated carbocycles. The van der Waals surface area contributed by atoms with Crippen LogP contribution >= 0.6 is 0 Å². The molecule has 3 heteroatoms. The van der Waals surface area contributed by atoms with Gasteiger partial charge in [-0.25, -0.2) is 0 Å². The minimum atomic E-state index is 0.508. The number of hydrogen-bond acceptors (Lipinski definition) is 3. The molecule has 0 aromatic heterocycles. The van der Waals surface area contributed by atoms with E-state index in [0.717, 1.165) is 31.3 Å². The summed E-state index contributed by atoms with van der Waals surface area (Å²) in [6, 6.07) is 6.90. The molecule has 0 bridgehead atoms. The van der Waals surface area contributed by atoms with Gasteiger partial charge in [0.1, 0.15) is 5.75 Å². The summed E-state index contributed by atoms with van der Waals surface area (Å²) < 4.78 is 5.47. The Labute approximate surface area is 116 Å². The van der Waals surface area contributed by atoms with Crippen LogP contribution in [0, 0.1) is 12.8 Å². The number of methoxy groups -OCH3 is 1. The van der Waals surface area contributed by atoms with Crippen LogP contribution in [0.1, 0.15) is 30.9 Å². The first-order chi connectivity index (χ1) is 9.13. The van der Waals surface area contributed by atoms with Crippen molar-refractivity contribution in [3.63, 3.8) is 0 Å². The van der Waals surface area contributed by atoms with Crippen molar-refractivity contribution in [2.45, 2.75) is 39.3 Å². The van der Waals surface area contributed by atoms with E-state index in [4.69, 9.17) is 10.5 Å². The average Bonchev–Trinajstić information content (AvgIpc) is 2.41. The van der Waals surface area contributed by atoms with E-state index < -0.39 is 0 Å². The van der Waals surface area contributed by atoms with Gasteiger partial charge in [-0.1, -0.05) is 24.6 Å². The van der Waals surface area contributed by atoms with Crippen LogP contribution in [0.25, 0.3) is 0 Å². The monoisotopic (exact) mass is 262 g/mol. The van der Waals surface area contributed by atoms with Crippen LogP contribution in [0.5, 0.6) is 5.75 Å². The Kier molecular flexibility index (Phi) is 4.83. The first-order valence-corrected chi connectivity index (χ1v) is 7.21. The van der Waals surface area contributed by atoms with Crippen molar-refractivity contribution in [2.24, 2.45) is 11.7 Å². The summed E-state index contributed by atoms with van der Waals surface area (Å²) in [6.07, 6.45) is 2.48. The highest BCUT2D eigenvalue weighted by Gasteiger charge is 2.25. The fourth-order valence-corrected chi connectivity index (χ4v) is 3.00. The lowest BCUT2D eigenvalue weighted by Gasteiger charge is -2.38. The van der Waals surface area contributed by atoms with Crippen molar-refractivity contribution in [3.05, 3.63) is 29.3 Å². The zero-order chi connectivity index (χ0) is 13.8. The molecule has 1 aromatic carbocycles. The smallest absolute Gasteiger partial charge is 0.123 e. The highest BCUT2D eigenvalue weighted by Crippen LogP contribution is 2.27. The molecule has 0 spiro atoms. The Balaban J connectivity index is 2.13. The van der Waals surface area contributed by atoms with E-state index >= 15 is 0 Å². The summed E-state index contributed by atoms with van der Waals surface area (Å²) in [7, 11) is 1.74. The molecule has 3 nitrogen and oxygen atoms in total. The molecule has 1 fully saturated rings. The molecule has 0 aliphatic carbocycles. The first kappa shape index (κ1) is 14.4. The Hall–Kier alpha value is -1.06. The first-order valence-electron chi connectivity index (χ1n) is 7.21. The van der Waals surface area contributed by atoms with Gasteiger partial charge >= 0.3 is 0 Å². The van der Waals surface area contributed by atoms with Gasteiger partial charge in [-0.3, -0.25) is 4.90 Å². The van der Waals surface area contributed by atoms with Crippen LogP contribution in [-0.4, -0.2) is 31.1 Å². The van der Waals surface area contributed by atoms with Crippen LogP contribution in [0.2, 0.25) is 0 Å². The number of nitrogens with zero attached hydrogens (tertiary/aromatic N) is 1. The molecule has 1 aromatic rings. The van der Waals surface area contributed by atoms with Crippen LogP contribution in [-0.2, 0) is 6.54 Å². The fourth-order valence-electron chi connectivity index (χ4n) is 3.00. The van der Waals surface area contributed by atoms with Crippen LogP contribution in [0.4, 0.5) is 0 Å². The maximum absolute atomic E-state index is 5.94. The third-order valence-corrected chi connectivity index (χ3v) is 4.18. The highest BCUT2D eigenvalue weighted by molar-refractivity contribution is 5.36. The van der Waals surface area contributed by atoms with Gasteiger partial charge in [-0.15, -0.1) is 0 Å². The van der Waals surface area contributed by atoms with E-state index in [1.54, 1.807) is 7.11 Å². The zero-order valence-corrected chi connectivity index (χ0v) is 12.4. The molecule has 1 saturated heterocycles. The number of nitrogens with two attached hydrogens (primary N) is 1. The largest absolute Gasteiger partial charge is 0.496 e. The van der Waals surface area contributed by atoms with E-state index in [9.17, 15) is 0 Å². The Morgan fingerprint density at radius 1 is 1.42 bits per heavy atom. The van der Waals surface area contributed by atoms with E-state index in [1.807, 2.05) is 0 Å². The lowest BCUT2D eigenvalue weighted by Crippen LogP contribution is -2.45. The molecule has 1 aliphatic rings. The molecule has 0 amide bonds. The van der Waals surface area contributed by atoms with Crippen LogP contribution in [0.15, 0.2) is 18.2 Å². The summed E-state index contributed by atoms with van der Waals surface area (Å²) in [4.78, 5) is 2.51. The van der Waals surface area contributed by atoms with Gasteiger partial charge in [-0.2, -0.15) is 0 Å². The van der Waals surface area contributed by atoms with Crippen molar-refractivity contribution in [1.29, 1.82) is 0 Å². The molecular weight excluding hydrogens is 236 g/mol. The molecule has 2 unspecified atom stereocenters. The lowest BCUT2D eigenvalue weighted by atomic mass is 9.92. The number of ether oxygens (including phenoxy) is 1. The molecule has 1 heterocycles. The van der Waals surface area contributed by atoms with Crippen molar-refractivity contribution in [3.8, 4) is 5.75 Å². The normalized spacial score (nSPS) is 24.4. The summed E-state index contributed by atoms with van der Waals surface area (Å²) >= 11 is 0. The Morgan fingerprint density at radius 3 is 2.89 bits per heavy atom. The molecule has 2 atom stereocenters. The van der Waals surface area contributed by atoms with Crippen LogP contribution < -0.4 is 10.5 Å². The number of benzene rings is 1. The second-order valence-electron chi connectivity index (χ2n) is 5.80. The van der Waals surface area contributed by atoms with Crippen molar-refractivity contribution >= 4 is 0 Å². The standard InChI is InChI=1S/C16H26N2O/c1-12-4-5-16(19-3)14(8-12)11-18-7-6-13(2)9-15(18)10-17/h4-5,8,13,15H,6-7,9-11,17H2,1-3H3. The van der Waals surface area contributed by atoms with Gasteiger partial charge < -0.3 is 10.5 Å². The Morgan fingerprint density at radius 2 is 2.21 bits per heavy atom. The predicted molar refractivity (Wildman–Crippen MR) is 79.4 cm³/mol. The summed E-state index contributed by atoms with van der Waals surface area (Å²) in [5, 5.41) is 0. The highest BCUT2D eigenvalue weighted by atomic mass is 16.5. The van der Waals surface area contributed by atoms with Gasteiger partial charge in [0.15, 0.2) is 0 Å². The van der Waals surface area contributed by atoms with Gasteiger partial charge in [-0.05, 0) is 38.3 Å². The second kappa shape index (κ2) is 6.40. The predicted octanol–water partition coefficient (Wildman–Crippen LogP) is 2.56. The fraction of sp³-hybridized carbons (Fsp3) is 0.625. The quantitative estimate of drug-likeness (QED) is 0.906. The molecule has 106 valence electrons. The van der Waals surface area contributed by atoms with E-state index in [0.29, 0.717) is 6.04 Å². The molecule has 0 radical (unpaired) electrons. The topological polar surface area (TPSA) is 38.5 Å². The van der Waals surface area contributed by atoms with Gasteiger partial charge in [0.2, 0.25) is 0 Å². The summed E-state index contributed by atoms with van der Waals surface area (Å²) in [5.41, 5.74) is 8.49. The maximum Gasteiger partial charge on any atom is 0.123 e. The van der Waals surface area contributed by atoms with E-state index in [1.165, 1.54) is 24.0 Å². The molecular formula is C16H26N2O. The SMILES string of the molecule is COc1ccc(C)cc1CN1CCC(C)CC1CN. The van der Waals surface area contributed by atoms with E-state index in [-0.39, 0.29) is 0 Å². The van der Waals surface area contributed by atoms with Crippen LogP contribution in [0.3, 0.4) is 0 Å². The maximum atomic E-state index is 5.94. The van der Waals surface area contributed by atoms with Gasteiger partial charge in [0.05, 0.1) is 7.11 Å². The molecule has 2 N–H and O–H groups in total. The third kappa shape index (κ3) is 3.48. The molecule has 2 rings (SSSR count). The summed E-state index contributed by atoms with van der Waals surface area (Å²) in [5.74, 6) is 1.78. The second-order valence-corrected chi connectivity index (χ2v) is 5.80. The molecule has 19 heavy (non-hydrogen) atoms. The zero-order valence-electron chi connectivity index (χ0n) is 12.4. The minimum Gasteiger partial charge on any atom is -0.496 e. The summed E-state index contributed by atoms with van der Waals surface area (Å²) in [6.45, 7) is 7.28. The number of piperidine rings is 1. The van der Waals surface area contributed by atoms with Crippen molar-refractivity contribution in [1.82, 2.24) is 4.90 Å².